The monoisotopic (exact) mass is 318 g/mol. The second kappa shape index (κ2) is 5.64. The third kappa shape index (κ3) is 2.81. The fourth-order valence-electron chi connectivity index (χ4n) is 2.65. The third-order valence-corrected chi connectivity index (χ3v) is 4.83. The number of hydrogen-bond donors (Lipinski definition) is 0. The summed E-state index contributed by atoms with van der Waals surface area (Å²) in [6.45, 7) is 7.52. The number of nitrogens with zero attached hydrogens (tertiary/aromatic N) is 4. The Morgan fingerprint density at radius 1 is 1.32 bits per heavy atom. The first-order chi connectivity index (χ1) is 10.4. The van der Waals surface area contributed by atoms with E-state index in [1.165, 1.54) is 22.1 Å². The number of carbonyl (C=O) groups excluding carboxylic acids is 1. The summed E-state index contributed by atoms with van der Waals surface area (Å²) in [5.74, 6) is 0.328. The van der Waals surface area contributed by atoms with E-state index in [9.17, 15) is 9.59 Å². The molecular formula is C15H18N4O2S. The predicted octanol–water partition coefficient (Wildman–Crippen LogP) is 1.40. The smallest absolute Gasteiger partial charge is 0.266 e. The highest BCUT2D eigenvalue weighted by molar-refractivity contribution is 7.13. The third-order valence-electron chi connectivity index (χ3n) is 3.77. The molecule has 0 aromatic carbocycles. The highest BCUT2D eigenvalue weighted by Gasteiger charge is 2.33. The number of amides is 1. The Bertz CT molecular complexity index is 774. The summed E-state index contributed by atoms with van der Waals surface area (Å²) in [5.41, 5.74) is 1.53. The van der Waals surface area contributed by atoms with Crippen molar-refractivity contribution in [2.45, 2.75) is 27.3 Å². The molecular weight excluding hydrogens is 300 g/mol. The van der Waals surface area contributed by atoms with Crippen LogP contribution in [0.15, 0.2) is 16.9 Å². The van der Waals surface area contributed by atoms with Gasteiger partial charge in [-0.15, -0.1) is 11.3 Å². The molecule has 2 aromatic rings. The SMILES string of the molecule is Cc1ccc(=O)n(CC2CN(C(=O)c3sc(C)nc3C)C2)n1. The van der Waals surface area contributed by atoms with Gasteiger partial charge in [-0.3, -0.25) is 9.59 Å². The molecule has 0 spiro atoms. The molecule has 0 N–H and O–H groups in total. The molecule has 22 heavy (non-hydrogen) atoms. The predicted molar refractivity (Wildman–Crippen MR) is 84.2 cm³/mol. The van der Waals surface area contributed by atoms with Crippen LogP contribution < -0.4 is 5.56 Å². The van der Waals surface area contributed by atoms with Gasteiger partial charge in [-0.2, -0.15) is 5.10 Å². The molecule has 1 aliphatic rings. The Morgan fingerprint density at radius 2 is 2.05 bits per heavy atom. The molecule has 7 heteroatoms. The zero-order valence-corrected chi connectivity index (χ0v) is 13.7. The largest absolute Gasteiger partial charge is 0.337 e. The van der Waals surface area contributed by atoms with E-state index < -0.39 is 0 Å². The molecule has 0 saturated carbocycles. The second-order valence-corrected chi connectivity index (χ2v) is 6.92. The van der Waals surface area contributed by atoms with Crippen LogP contribution in [0.2, 0.25) is 0 Å². The zero-order chi connectivity index (χ0) is 15.9. The summed E-state index contributed by atoms with van der Waals surface area (Å²) < 4.78 is 1.49. The molecule has 0 bridgehead atoms. The van der Waals surface area contributed by atoms with Gasteiger partial charge in [0.25, 0.3) is 11.5 Å². The van der Waals surface area contributed by atoms with E-state index in [4.69, 9.17) is 0 Å². The molecule has 1 saturated heterocycles. The van der Waals surface area contributed by atoms with E-state index in [1.54, 1.807) is 6.07 Å². The number of aromatic nitrogens is 3. The Kier molecular flexibility index (Phi) is 3.82. The van der Waals surface area contributed by atoms with E-state index in [0.717, 1.165) is 21.3 Å². The number of carbonyl (C=O) groups is 1. The van der Waals surface area contributed by atoms with Gasteiger partial charge in [-0.05, 0) is 26.8 Å². The minimum atomic E-state index is -0.0932. The number of aryl methyl sites for hydroxylation is 3. The summed E-state index contributed by atoms with van der Waals surface area (Å²) in [6.07, 6.45) is 0. The molecule has 0 radical (unpaired) electrons. The van der Waals surface area contributed by atoms with Crippen molar-refractivity contribution < 1.29 is 4.79 Å². The second-order valence-electron chi connectivity index (χ2n) is 5.72. The van der Waals surface area contributed by atoms with Crippen LogP contribution >= 0.6 is 11.3 Å². The molecule has 6 nitrogen and oxygen atoms in total. The molecule has 3 heterocycles. The van der Waals surface area contributed by atoms with Gasteiger partial charge in [0, 0.05) is 25.1 Å². The maximum atomic E-state index is 12.4. The van der Waals surface area contributed by atoms with Gasteiger partial charge in [0.05, 0.1) is 22.9 Å². The van der Waals surface area contributed by atoms with Crippen LogP contribution in [-0.4, -0.2) is 38.7 Å². The molecule has 0 atom stereocenters. The van der Waals surface area contributed by atoms with Gasteiger partial charge in [-0.1, -0.05) is 0 Å². The fourth-order valence-corrected chi connectivity index (χ4v) is 3.54. The van der Waals surface area contributed by atoms with Crippen LogP contribution in [0, 0.1) is 26.7 Å². The lowest BCUT2D eigenvalue weighted by molar-refractivity contribution is 0.0462. The lowest BCUT2D eigenvalue weighted by Crippen LogP contribution is -2.52. The first kappa shape index (κ1) is 14.9. The molecule has 2 aromatic heterocycles. The number of thiazole rings is 1. The van der Waals surface area contributed by atoms with Crippen molar-refractivity contribution in [1.29, 1.82) is 0 Å². The van der Waals surface area contributed by atoms with Crippen molar-refractivity contribution in [3.8, 4) is 0 Å². The quantitative estimate of drug-likeness (QED) is 0.858. The minimum Gasteiger partial charge on any atom is -0.337 e. The summed E-state index contributed by atoms with van der Waals surface area (Å²) in [4.78, 5) is 31.0. The van der Waals surface area contributed by atoms with Crippen molar-refractivity contribution in [3.05, 3.63) is 43.8 Å². The molecule has 0 unspecified atom stereocenters. The zero-order valence-electron chi connectivity index (χ0n) is 12.9. The van der Waals surface area contributed by atoms with Crippen LogP contribution in [0.1, 0.15) is 26.1 Å². The van der Waals surface area contributed by atoms with Gasteiger partial charge in [0.1, 0.15) is 4.88 Å². The fraction of sp³-hybridized carbons (Fsp3) is 0.467. The topological polar surface area (TPSA) is 68.1 Å². The van der Waals surface area contributed by atoms with E-state index in [2.05, 4.69) is 10.1 Å². The summed E-state index contributed by atoms with van der Waals surface area (Å²) in [7, 11) is 0. The normalized spacial score (nSPS) is 15.0. The summed E-state index contributed by atoms with van der Waals surface area (Å²) in [5, 5.41) is 5.14. The number of hydrogen-bond acceptors (Lipinski definition) is 5. The number of likely N-dealkylation sites (tertiary alicyclic amines) is 1. The van der Waals surface area contributed by atoms with Crippen LogP contribution in [0.5, 0.6) is 0 Å². The molecule has 1 aliphatic heterocycles. The van der Waals surface area contributed by atoms with Crippen molar-refractivity contribution >= 4 is 17.2 Å². The van der Waals surface area contributed by atoms with Crippen LogP contribution in [0.4, 0.5) is 0 Å². The minimum absolute atomic E-state index is 0.0453. The Morgan fingerprint density at radius 3 is 2.68 bits per heavy atom. The Hall–Kier alpha value is -2.02. The lowest BCUT2D eigenvalue weighted by Gasteiger charge is -2.39. The lowest BCUT2D eigenvalue weighted by atomic mass is 10.00. The van der Waals surface area contributed by atoms with Crippen molar-refractivity contribution in [2.24, 2.45) is 5.92 Å². The van der Waals surface area contributed by atoms with E-state index in [1.807, 2.05) is 25.7 Å². The van der Waals surface area contributed by atoms with Gasteiger partial charge in [0.15, 0.2) is 0 Å². The Labute approximate surface area is 132 Å². The van der Waals surface area contributed by atoms with E-state index in [0.29, 0.717) is 19.6 Å². The average Bonchev–Trinajstić information content (AvgIpc) is 2.75. The van der Waals surface area contributed by atoms with Crippen LogP contribution in [-0.2, 0) is 6.54 Å². The maximum Gasteiger partial charge on any atom is 0.266 e. The summed E-state index contributed by atoms with van der Waals surface area (Å²) >= 11 is 1.44. The molecule has 3 rings (SSSR count). The van der Waals surface area contributed by atoms with Crippen molar-refractivity contribution in [2.75, 3.05) is 13.1 Å². The summed E-state index contributed by atoms with van der Waals surface area (Å²) in [6, 6.07) is 3.25. The molecule has 0 aliphatic carbocycles. The Balaban J connectivity index is 1.62. The number of rotatable bonds is 3. The van der Waals surface area contributed by atoms with Crippen LogP contribution in [0.3, 0.4) is 0 Å². The van der Waals surface area contributed by atoms with Gasteiger partial charge in [0.2, 0.25) is 0 Å². The maximum absolute atomic E-state index is 12.4. The van der Waals surface area contributed by atoms with Crippen LogP contribution in [0.25, 0.3) is 0 Å². The molecule has 116 valence electrons. The highest BCUT2D eigenvalue weighted by Crippen LogP contribution is 2.24. The van der Waals surface area contributed by atoms with Gasteiger partial charge < -0.3 is 4.90 Å². The van der Waals surface area contributed by atoms with Crippen molar-refractivity contribution in [1.82, 2.24) is 19.7 Å². The van der Waals surface area contributed by atoms with E-state index >= 15 is 0 Å². The average molecular weight is 318 g/mol. The van der Waals surface area contributed by atoms with Gasteiger partial charge >= 0.3 is 0 Å². The molecule has 1 fully saturated rings. The molecule has 1 amide bonds. The van der Waals surface area contributed by atoms with Crippen molar-refractivity contribution in [3.63, 3.8) is 0 Å². The first-order valence-corrected chi connectivity index (χ1v) is 8.04. The standard InChI is InChI=1S/C15H18N4O2S/c1-9-4-5-13(20)19(17-9)8-12-6-18(7-12)15(21)14-10(2)16-11(3)22-14/h4-5,12H,6-8H2,1-3H3. The highest BCUT2D eigenvalue weighted by atomic mass is 32.1. The van der Waals surface area contributed by atoms with Gasteiger partial charge in [-0.25, -0.2) is 9.67 Å². The first-order valence-electron chi connectivity index (χ1n) is 7.22. The van der Waals surface area contributed by atoms with E-state index in [-0.39, 0.29) is 17.4 Å².